The number of hydrogen-bond donors (Lipinski definition) is 3. The highest BCUT2D eigenvalue weighted by Gasteiger charge is 2.33. The molecule has 0 fully saturated rings. The Hall–Kier alpha value is -4.79. The summed E-state index contributed by atoms with van der Waals surface area (Å²) in [6, 6.07) is 12.9. The van der Waals surface area contributed by atoms with Gasteiger partial charge < -0.3 is 29.2 Å². The Morgan fingerprint density at radius 3 is 2.40 bits per heavy atom. The molecule has 0 spiro atoms. The van der Waals surface area contributed by atoms with Gasteiger partial charge in [-0.2, -0.15) is 0 Å². The smallest absolute Gasteiger partial charge is 0.335 e. The van der Waals surface area contributed by atoms with E-state index in [4.69, 9.17) is 13.9 Å². The Balaban J connectivity index is 1.76. The van der Waals surface area contributed by atoms with Gasteiger partial charge in [0, 0.05) is 29.2 Å². The molecule has 0 saturated carbocycles. The number of aromatic carboxylic acids is 1. The third kappa shape index (κ3) is 3.72. The number of carboxylic acid groups (broad SMARTS) is 1. The molecular weight excluding hydrogens is 456 g/mol. The fourth-order valence-corrected chi connectivity index (χ4v) is 4.29. The number of hydrogen-bond acceptors (Lipinski definition) is 8. The maximum Gasteiger partial charge on any atom is 0.335 e. The molecule has 0 bridgehead atoms. The van der Waals surface area contributed by atoms with Gasteiger partial charge >= 0.3 is 11.9 Å². The van der Waals surface area contributed by atoms with Crippen molar-refractivity contribution < 1.29 is 38.8 Å². The van der Waals surface area contributed by atoms with Crippen LogP contribution in [-0.2, 0) is 4.79 Å². The summed E-state index contributed by atoms with van der Waals surface area (Å²) < 4.78 is 16.5. The lowest BCUT2D eigenvalue weighted by atomic mass is 9.84. The van der Waals surface area contributed by atoms with Gasteiger partial charge in [0.25, 0.3) is 0 Å². The Labute approximate surface area is 197 Å². The monoisotopic (exact) mass is 474 g/mol. The number of rotatable bonds is 4. The van der Waals surface area contributed by atoms with Gasteiger partial charge in [0.2, 0.25) is 0 Å². The van der Waals surface area contributed by atoms with Crippen LogP contribution in [0.2, 0.25) is 0 Å². The third-order valence-corrected chi connectivity index (χ3v) is 5.95. The molecule has 1 aromatic heterocycles. The lowest BCUT2D eigenvalue weighted by Crippen LogP contribution is -2.22. The van der Waals surface area contributed by atoms with E-state index >= 15 is 0 Å². The van der Waals surface area contributed by atoms with Crippen LogP contribution in [0.3, 0.4) is 0 Å². The van der Waals surface area contributed by atoms with Crippen molar-refractivity contribution in [3.8, 4) is 34.3 Å². The van der Waals surface area contributed by atoms with Crippen molar-refractivity contribution in [3.05, 3.63) is 81.5 Å². The second-order valence-corrected chi connectivity index (χ2v) is 8.03. The highest BCUT2D eigenvalue weighted by atomic mass is 16.5. The van der Waals surface area contributed by atoms with Gasteiger partial charge in [0.05, 0.1) is 19.1 Å². The first kappa shape index (κ1) is 22.0. The van der Waals surface area contributed by atoms with Crippen molar-refractivity contribution in [1.29, 1.82) is 0 Å². The van der Waals surface area contributed by atoms with Gasteiger partial charge in [-0.15, -0.1) is 0 Å². The van der Waals surface area contributed by atoms with Gasteiger partial charge in [-0.05, 0) is 35.9 Å². The molecule has 1 aliphatic heterocycles. The molecule has 0 amide bonds. The van der Waals surface area contributed by atoms with Crippen LogP contribution < -0.4 is 14.9 Å². The number of carbonyl (C=O) groups is 2. The standard InChI is InChI=1S/C26H18O9/c1-33-19-7-6-14(8-16(19)27)20-10-17(28)24-18(29)11-21-23(25(24)35-20)15(9-22(30)34-21)12-2-4-13(5-3-12)26(31)32/h2-8,10-11,15,27,29H,9H2,1H3,(H,31,32)/t15-/m0/s1. The Kier molecular flexibility index (Phi) is 5.17. The second kappa shape index (κ2) is 8.21. The summed E-state index contributed by atoms with van der Waals surface area (Å²) in [6.07, 6.45) is -0.0868. The van der Waals surface area contributed by atoms with Crippen molar-refractivity contribution in [2.75, 3.05) is 7.11 Å². The molecule has 4 aromatic rings. The van der Waals surface area contributed by atoms with E-state index in [0.29, 0.717) is 16.7 Å². The summed E-state index contributed by atoms with van der Waals surface area (Å²) in [5.41, 5.74) is 0.934. The van der Waals surface area contributed by atoms with Crippen LogP contribution in [0.4, 0.5) is 0 Å². The topological polar surface area (TPSA) is 144 Å². The molecule has 35 heavy (non-hydrogen) atoms. The predicted octanol–water partition coefficient (Wildman–Crippen LogP) is 4.02. The quantitative estimate of drug-likeness (QED) is 0.295. The fraction of sp³-hybridized carbons (Fsp3) is 0.115. The number of phenols is 2. The number of fused-ring (bicyclic) bond motifs is 3. The second-order valence-electron chi connectivity index (χ2n) is 8.03. The SMILES string of the molecule is COc1ccc(-c2cc(=O)c3c(O)cc4c(c3o2)[C@H](c2ccc(C(=O)O)cc2)CC(=O)O4)cc1O. The van der Waals surface area contributed by atoms with E-state index in [0.717, 1.165) is 0 Å². The molecule has 1 atom stereocenters. The van der Waals surface area contributed by atoms with E-state index in [1.54, 1.807) is 18.2 Å². The van der Waals surface area contributed by atoms with Crippen LogP contribution in [0, 0.1) is 0 Å². The van der Waals surface area contributed by atoms with E-state index in [9.17, 15) is 29.7 Å². The van der Waals surface area contributed by atoms with Gasteiger partial charge in [-0.3, -0.25) is 9.59 Å². The van der Waals surface area contributed by atoms with Crippen molar-refractivity contribution in [2.45, 2.75) is 12.3 Å². The van der Waals surface area contributed by atoms with Crippen LogP contribution in [0.15, 0.2) is 63.8 Å². The number of carbonyl (C=O) groups excluding carboxylic acids is 1. The summed E-state index contributed by atoms with van der Waals surface area (Å²) in [4.78, 5) is 36.6. The largest absolute Gasteiger partial charge is 0.507 e. The van der Waals surface area contributed by atoms with Gasteiger partial charge in [0.15, 0.2) is 16.9 Å². The zero-order valence-corrected chi connectivity index (χ0v) is 18.3. The minimum Gasteiger partial charge on any atom is -0.507 e. The normalized spacial score (nSPS) is 14.9. The first-order chi connectivity index (χ1) is 16.8. The van der Waals surface area contributed by atoms with E-state index in [-0.39, 0.29) is 46.0 Å². The Morgan fingerprint density at radius 1 is 1.00 bits per heavy atom. The lowest BCUT2D eigenvalue weighted by Gasteiger charge is -2.26. The molecule has 3 aromatic carbocycles. The number of methoxy groups -OCH3 is 1. The van der Waals surface area contributed by atoms with Crippen LogP contribution >= 0.6 is 0 Å². The van der Waals surface area contributed by atoms with Gasteiger partial charge in [0.1, 0.15) is 28.2 Å². The fourth-order valence-electron chi connectivity index (χ4n) is 4.29. The molecule has 0 unspecified atom stereocenters. The minimum absolute atomic E-state index is 0.0256. The molecule has 3 N–H and O–H groups in total. The first-order valence-corrected chi connectivity index (χ1v) is 10.5. The molecule has 0 radical (unpaired) electrons. The molecule has 0 aliphatic carbocycles. The Morgan fingerprint density at radius 2 is 1.74 bits per heavy atom. The summed E-state index contributed by atoms with van der Waals surface area (Å²) in [7, 11) is 1.41. The van der Waals surface area contributed by atoms with E-state index in [1.807, 2.05) is 0 Å². The van der Waals surface area contributed by atoms with Crippen molar-refractivity contribution in [3.63, 3.8) is 0 Å². The average molecular weight is 474 g/mol. The molecule has 9 heteroatoms. The number of benzene rings is 3. The maximum atomic E-state index is 13.0. The third-order valence-electron chi connectivity index (χ3n) is 5.95. The maximum absolute atomic E-state index is 13.0. The van der Waals surface area contributed by atoms with Gasteiger partial charge in [-0.25, -0.2) is 4.79 Å². The average Bonchev–Trinajstić information content (AvgIpc) is 2.83. The number of phenolic OH excluding ortho intramolecular Hbond substituents is 2. The molecule has 5 rings (SSSR count). The minimum atomic E-state index is -1.09. The number of carboxylic acids is 1. The van der Waals surface area contributed by atoms with Gasteiger partial charge in [-0.1, -0.05) is 12.1 Å². The summed E-state index contributed by atoms with van der Waals surface area (Å²) in [6.45, 7) is 0. The number of esters is 1. The van der Waals surface area contributed by atoms with Crippen molar-refractivity contribution in [1.82, 2.24) is 0 Å². The molecule has 176 valence electrons. The summed E-state index contributed by atoms with van der Waals surface area (Å²) >= 11 is 0. The highest BCUT2D eigenvalue weighted by Crippen LogP contribution is 2.46. The Bertz CT molecular complexity index is 1570. The molecule has 9 nitrogen and oxygen atoms in total. The number of aromatic hydroxyl groups is 2. The highest BCUT2D eigenvalue weighted by molar-refractivity contribution is 5.93. The number of ether oxygens (including phenoxy) is 2. The van der Waals surface area contributed by atoms with Crippen LogP contribution in [0.25, 0.3) is 22.3 Å². The molecule has 1 aliphatic rings. The molecular formula is C26H18O9. The van der Waals surface area contributed by atoms with E-state index in [2.05, 4.69) is 0 Å². The van der Waals surface area contributed by atoms with Crippen LogP contribution in [-0.4, -0.2) is 34.4 Å². The first-order valence-electron chi connectivity index (χ1n) is 10.5. The summed E-state index contributed by atoms with van der Waals surface area (Å²) in [5.74, 6) is -2.44. The van der Waals surface area contributed by atoms with E-state index < -0.39 is 29.0 Å². The summed E-state index contributed by atoms with van der Waals surface area (Å²) in [5, 5.41) is 29.8. The zero-order valence-electron chi connectivity index (χ0n) is 18.3. The lowest BCUT2D eigenvalue weighted by molar-refractivity contribution is -0.135. The predicted molar refractivity (Wildman–Crippen MR) is 123 cm³/mol. The zero-order chi connectivity index (χ0) is 24.9. The van der Waals surface area contributed by atoms with Crippen molar-refractivity contribution in [2.24, 2.45) is 0 Å². The van der Waals surface area contributed by atoms with Crippen LogP contribution in [0.1, 0.15) is 33.8 Å². The molecule has 2 heterocycles. The van der Waals surface area contributed by atoms with Crippen LogP contribution in [0.5, 0.6) is 23.0 Å². The molecule has 0 saturated heterocycles. The van der Waals surface area contributed by atoms with E-state index in [1.165, 1.54) is 43.5 Å². The van der Waals surface area contributed by atoms with Crippen molar-refractivity contribution >= 4 is 22.9 Å².